The van der Waals surface area contributed by atoms with Crippen LogP contribution in [0.1, 0.15) is 21.6 Å². The van der Waals surface area contributed by atoms with E-state index in [1.165, 1.54) is 0 Å². The van der Waals surface area contributed by atoms with Crippen LogP contribution in [0.5, 0.6) is 5.75 Å². The summed E-state index contributed by atoms with van der Waals surface area (Å²) in [5.41, 5.74) is 5.60. The smallest absolute Gasteiger partial charge is 0.274 e. The number of piperazine rings is 1. The summed E-state index contributed by atoms with van der Waals surface area (Å²) in [5.74, 6) is 1.84. The van der Waals surface area contributed by atoms with E-state index in [0.717, 1.165) is 52.6 Å². The average Bonchev–Trinajstić information content (AvgIpc) is 3.27. The molecule has 7 heteroatoms. The number of rotatable bonds is 4. The summed E-state index contributed by atoms with van der Waals surface area (Å²) in [4.78, 5) is 26.2. The Labute approximate surface area is 193 Å². The quantitative estimate of drug-likeness (QED) is 0.479. The van der Waals surface area contributed by atoms with Gasteiger partial charge in [0.25, 0.3) is 5.91 Å². The highest BCUT2D eigenvalue weighted by molar-refractivity contribution is 5.93. The fourth-order valence-corrected chi connectivity index (χ4v) is 4.55. The van der Waals surface area contributed by atoms with Crippen molar-refractivity contribution in [2.45, 2.75) is 13.8 Å². The van der Waals surface area contributed by atoms with E-state index in [1.807, 2.05) is 52.0 Å². The lowest BCUT2D eigenvalue weighted by molar-refractivity contribution is 0.0741. The van der Waals surface area contributed by atoms with Crippen molar-refractivity contribution >= 4 is 17.4 Å². The monoisotopic (exact) mass is 441 g/mol. The van der Waals surface area contributed by atoms with Gasteiger partial charge in [-0.3, -0.25) is 4.79 Å². The van der Waals surface area contributed by atoms with E-state index in [4.69, 9.17) is 4.74 Å². The minimum absolute atomic E-state index is 0.0305. The molecule has 0 N–H and O–H groups in total. The lowest BCUT2D eigenvalue weighted by atomic mass is 10.0. The summed E-state index contributed by atoms with van der Waals surface area (Å²) in [6.07, 6.45) is 5.65. The van der Waals surface area contributed by atoms with E-state index in [1.54, 1.807) is 13.3 Å². The lowest BCUT2D eigenvalue weighted by Crippen LogP contribution is -2.49. The highest BCUT2D eigenvalue weighted by Crippen LogP contribution is 2.30. The van der Waals surface area contributed by atoms with Crippen LogP contribution >= 0.6 is 0 Å². The van der Waals surface area contributed by atoms with Gasteiger partial charge in [0.2, 0.25) is 0 Å². The molecule has 3 aromatic heterocycles. The lowest BCUT2D eigenvalue weighted by Gasteiger charge is -2.35. The zero-order chi connectivity index (χ0) is 22.9. The third-order valence-electron chi connectivity index (χ3n) is 6.21. The van der Waals surface area contributed by atoms with Crippen LogP contribution in [0.4, 0.5) is 5.82 Å². The van der Waals surface area contributed by atoms with E-state index >= 15 is 0 Å². The number of imidazole rings is 1. The molecule has 1 saturated heterocycles. The van der Waals surface area contributed by atoms with Gasteiger partial charge in [-0.2, -0.15) is 0 Å². The number of hydrogen-bond donors (Lipinski definition) is 0. The van der Waals surface area contributed by atoms with E-state index < -0.39 is 0 Å². The summed E-state index contributed by atoms with van der Waals surface area (Å²) in [7, 11) is 1.70. The number of benzene rings is 1. The number of ether oxygens (including phenoxy) is 1. The van der Waals surface area contributed by atoms with Crippen molar-refractivity contribution in [3.63, 3.8) is 0 Å². The van der Waals surface area contributed by atoms with Gasteiger partial charge < -0.3 is 18.9 Å². The van der Waals surface area contributed by atoms with Crippen molar-refractivity contribution in [2.75, 3.05) is 38.2 Å². The Morgan fingerprint density at radius 2 is 1.70 bits per heavy atom. The second-order valence-corrected chi connectivity index (χ2v) is 8.42. The maximum absolute atomic E-state index is 13.1. The first-order chi connectivity index (χ1) is 16.0. The number of aromatic nitrogens is 3. The molecule has 1 fully saturated rings. The Bertz CT molecular complexity index is 1280. The molecule has 5 rings (SSSR count). The van der Waals surface area contributed by atoms with E-state index in [-0.39, 0.29) is 5.91 Å². The fraction of sp³-hybridized carbons (Fsp3) is 0.269. The van der Waals surface area contributed by atoms with Crippen LogP contribution in [0.15, 0.2) is 61.1 Å². The van der Waals surface area contributed by atoms with Crippen molar-refractivity contribution in [3.8, 4) is 16.9 Å². The predicted molar refractivity (Wildman–Crippen MR) is 129 cm³/mol. The summed E-state index contributed by atoms with van der Waals surface area (Å²) < 4.78 is 7.42. The Hall–Kier alpha value is -3.87. The van der Waals surface area contributed by atoms with Crippen molar-refractivity contribution in [3.05, 3.63) is 77.9 Å². The molecule has 168 valence electrons. The standard InChI is InChI=1S/C26H27N5O2/c1-18-14-21(15-19(2)25(18)33-3)20-7-8-24-28-22(17-31(24)16-20)26(32)30-12-10-29(11-13-30)23-6-4-5-9-27-23/h4-9,14-17H,10-13H2,1-3H3. The number of amides is 1. The van der Waals surface area contributed by atoms with Gasteiger partial charge in [-0.25, -0.2) is 9.97 Å². The van der Waals surface area contributed by atoms with Gasteiger partial charge >= 0.3 is 0 Å². The fourth-order valence-electron chi connectivity index (χ4n) is 4.55. The van der Waals surface area contributed by atoms with E-state index in [9.17, 15) is 4.79 Å². The molecule has 0 spiro atoms. The number of carbonyl (C=O) groups is 1. The van der Waals surface area contributed by atoms with Crippen molar-refractivity contribution in [2.24, 2.45) is 0 Å². The maximum Gasteiger partial charge on any atom is 0.274 e. The molecule has 33 heavy (non-hydrogen) atoms. The molecular formula is C26H27N5O2. The first kappa shape index (κ1) is 21.0. The van der Waals surface area contributed by atoms with Crippen LogP contribution < -0.4 is 9.64 Å². The van der Waals surface area contributed by atoms with Crippen LogP contribution in [0.2, 0.25) is 0 Å². The molecule has 1 aliphatic rings. The predicted octanol–water partition coefficient (Wildman–Crippen LogP) is 3.98. The number of carbonyl (C=O) groups excluding carboxylic acids is 1. The van der Waals surface area contributed by atoms with E-state index in [0.29, 0.717) is 18.8 Å². The average molecular weight is 442 g/mol. The first-order valence-corrected chi connectivity index (χ1v) is 11.1. The van der Waals surface area contributed by atoms with Crippen molar-refractivity contribution in [1.29, 1.82) is 0 Å². The third kappa shape index (κ3) is 4.02. The molecule has 0 bridgehead atoms. The van der Waals surface area contributed by atoms with Crippen LogP contribution in [0, 0.1) is 13.8 Å². The van der Waals surface area contributed by atoms with Gasteiger partial charge in [0, 0.05) is 44.8 Å². The Morgan fingerprint density at radius 1 is 0.939 bits per heavy atom. The molecule has 0 aliphatic carbocycles. The maximum atomic E-state index is 13.1. The second-order valence-electron chi connectivity index (χ2n) is 8.42. The summed E-state index contributed by atoms with van der Waals surface area (Å²) in [5, 5.41) is 0. The van der Waals surface area contributed by atoms with Crippen LogP contribution in [0.3, 0.4) is 0 Å². The minimum Gasteiger partial charge on any atom is -0.496 e. The molecule has 0 unspecified atom stereocenters. The van der Waals surface area contributed by atoms with Crippen molar-refractivity contribution < 1.29 is 9.53 Å². The number of nitrogens with zero attached hydrogens (tertiary/aromatic N) is 5. The van der Waals surface area contributed by atoms with Gasteiger partial charge in [0.1, 0.15) is 22.9 Å². The van der Waals surface area contributed by atoms with Crippen LogP contribution in [-0.4, -0.2) is 58.5 Å². The number of fused-ring (bicyclic) bond motifs is 1. The number of pyridine rings is 2. The van der Waals surface area contributed by atoms with E-state index in [2.05, 4.69) is 40.8 Å². The number of hydrogen-bond acceptors (Lipinski definition) is 5. The molecule has 4 aromatic rings. The highest BCUT2D eigenvalue weighted by Gasteiger charge is 2.24. The number of aryl methyl sites for hydroxylation is 2. The molecule has 1 aliphatic heterocycles. The Morgan fingerprint density at radius 3 is 2.36 bits per heavy atom. The third-order valence-corrected chi connectivity index (χ3v) is 6.21. The molecule has 7 nitrogen and oxygen atoms in total. The summed E-state index contributed by atoms with van der Waals surface area (Å²) in [6.45, 7) is 6.93. The first-order valence-electron chi connectivity index (χ1n) is 11.1. The number of anilines is 1. The zero-order valence-electron chi connectivity index (χ0n) is 19.2. The molecular weight excluding hydrogens is 414 g/mol. The summed E-state index contributed by atoms with van der Waals surface area (Å²) in [6, 6.07) is 14.1. The molecule has 1 amide bonds. The normalized spacial score (nSPS) is 14.0. The van der Waals surface area contributed by atoms with Crippen molar-refractivity contribution in [1.82, 2.24) is 19.3 Å². The largest absolute Gasteiger partial charge is 0.496 e. The van der Waals surface area contributed by atoms with Gasteiger partial charge in [0.15, 0.2) is 0 Å². The topological polar surface area (TPSA) is 63.0 Å². The van der Waals surface area contributed by atoms with Crippen LogP contribution in [0.25, 0.3) is 16.8 Å². The van der Waals surface area contributed by atoms with Gasteiger partial charge in [-0.15, -0.1) is 0 Å². The zero-order valence-corrected chi connectivity index (χ0v) is 19.2. The molecule has 0 atom stereocenters. The molecule has 0 radical (unpaired) electrons. The minimum atomic E-state index is -0.0305. The van der Waals surface area contributed by atoms with Gasteiger partial charge in [-0.1, -0.05) is 6.07 Å². The molecule has 1 aromatic carbocycles. The van der Waals surface area contributed by atoms with Crippen LogP contribution in [-0.2, 0) is 0 Å². The Balaban J connectivity index is 1.34. The summed E-state index contributed by atoms with van der Waals surface area (Å²) >= 11 is 0. The Kier molecular flexibility index (Phi) is 5.46. The van der Waals surface area contributed by atoms with Gasteiger partial charge in [0.05, 0.1) is 7.11 Å². The molecule has 4 heterocycles. The number of methoxy groups -OCH3 is 1. The van der Waals surface area contributed by atoms with Gasteiger partial charge in [-0.05, 0) is 72.5 Å². The second kappa shape index (κ2) is 8.58. The highest BCUT2D eigenvalue weighted by atomic mass is 16.5. The molecule has 0 saturated carbocycles. The SMILES string of the molecule is COc1c(C)cc(-c2ccc3nc(C(=O)N4CCN(c5ccccn5)CC4)cn3c2)cc1C.